The fourth-order valence-corrected chi connectivity index (χ4v) is 1.99. The smallest absolute Gasteiger partial charge is 0.239 e. The molecule has 19 heavy (non-hydrogen) atoms. The van der Waals surface area contributed by atoms with Crippen molar-refractivity contribution in [1.82, 2.24) is 25.0 Å². The number of carbonyl (C=O) groups excluding carboxylic acids is 1. The number of hydrogen-bond acceptors (Lipinski definition) is 5. The van der Waals surface area contributed by atoms with Crippen molar-refractivity contribution in [3.8, 4) is 0 Å². The summed E-state index contributed by atoms with van der Waals surface area (Å²) in [6.45, 7) is 6.91. The van der Waals surface area contributed by atoms with Crippen LogP contribution in [0.2, 0.25) is 0 Å². The Balaban J connectivity index is 1.85. The summed E-state index contributed by atoms with van der Waals surface area (Å²) >= 11 is 0. The van der Waals surface area contributed by atoms with Crippen LogP contribution in [-0.4, -0.2) is 57.9 Å². The molecule has 106 valence electrons. The average Bonchev–Trinajstić information content (AvgIpc) is 2.76. The molecule has 1 fully saturated rings. The van der Waals surface area contributed by atoms with Gasteiger partial charge in [0.2, 0.25) is 5.91 Å². The lowest BCUT2D eigenvalue weighted by atomic mass is 10.2. The van der Waals surface area contributed by atoms with Crippen LogP contribution >= 0.6 is 0 Å². The van der Waals surface area contributed by atoms with Gasteiger partial charge in [-0.2, -0.15) is 0 Å². The quantitative estimate of drug-likeness (QED) is 0.793. The van der Waals surface area contributed by atoms with Gasteiger partial charge in [-0.05, 0) is 13.8 Å². The summed E-state index contributed by atoms with van der Waals surface area (Å²) in [4.78, 5) is 14.0. The highest BCUT2D eigenvalue weighted by Crippen LogP contribution is 2.02. The van der Waals surface area contributed by atoms with Gasteiger partial charge in [-0.3, -0.25) is 10.1 Å². The van der Waals surface area contributed by atoms with E-state index in [-0.39, 0.29) is 11.9 Å². The maximum Gasteiger partial charge on any atom is 0.239 e. The van der Waals surface area contributed by atoms with E-state index in [1.54, 1.807) is 0 Å². The Labute approximate surface area is 112 Å². The molecule has 0 radical (unpaired) electrons. The first kappa shape index (κ1) is 14.0. The molecule has 7 nitrogen and oxygen atoms in total. The first-order chi connectivity index (χ1) is 9.09. The summed E-state index contributed by atoms with van der Waals surface area (Å²) < 4.78 is 7.16. The molecule has 0 bridgehead atoms. The minimum absolute atomic E-state index is 0.113. The van der Waals surface area contributed by atoms with Crippen molar-refractivity contribution in [3.05, 3.63) is 11.6 Å². The summed E-state index contributed by atoms with van der Waals surface area (Å²) in [6, 6.07) is -0.227. The van der Waals surface area contributed by atoms with E-state index in [1.165, 1.54) is 0 Å². The first-order valence-electron chi connectivity index (χ1n) is 6.54. The van der Waals surface area contributed by atoms with Gasteiger partial charge < -0.3 is 14.2 Å². The molecule has 2 rings (SSSR count). The molecule has 1 aliphatic heterocycles. The number of aromatic nitrogens is 3. The Bertz CT molecular complexity index is 439. The topological polar surface area (TPSA) is 72.3 Å². The number of morpholine rings is 1. The summed E-state index contributed by atoms with van der Waals surface area (Å²) in [5.74, 6) is 1.81. The minimum atomic E-state index is -0.227. The number of ether oxygens (including phenoxy) is 1. The van der Waals surface area contributed by atoms with E-state index in [9.17, 15) is 4.79 Å². The van der Waals surface area contributed by atoms with Crippen LogP contribution < -0.4 is 5.32 Å². The van der Waals surface area contributed by atoms with Crippen LogP contribution in [0.4, 0.5) is 0 Å². The lowest BCUT2D eigenvalue weighted by molar-refractivity contribution is -0.137. The van der Waals surface area contributed by atoms with Crippen molar-refractivity contribution in [2.24, 2.45) is 7.05 Å². The van der Waals surface area contributed by atoms with Crippen LogP contribution in [-0.2, 0) is 23.1 Å². The van der Waals surface area contributed by atoms with Gasteiger partial charge in [0, 0.05) is 20.1 Å². The third-order valence-electron chi connectivity index (χ3n) is 3.44. The largest absolute Gasteiger partial charge is 0.378 e. The molecule has 1 N–H and O–H groups in total. The molecule has 1 aromatic heterocycles. The Hall–Kier alpha value is -1.47. The van der Waals surface area contributed by atoms with Crippen molar-refractivity contribution >= 4 is 5.91 Å². The van der Waals surface area contributed by atoms with Gasteiger partial charge in [0.05, 0.1) is 25.8 Å². The average molecular weight is 267 g/mol. The van der Waals surface area contributed by atoms with E-state index in [2.05, 4.69) is 15.5 Å². The number of rotatable bonds is 4. The predicted molar refractivity (Wildman–Crippen MR) is 69.4 cm³/mol. The molecule has 0 aromatic carbocycles. The molecule has 0 saturated carbocycles. The molecule has 1 saturated heterocycles. The van der Waals surface area contributed by atoms with Crippen LogP contribution in [0.25, 0.3) is 0 Å². The van der Waals surface area contributed by atoms with Crippen LogP contribution in [0.1, 0.15) is 18.6 Å². The normalized spacial score (nSPS) is 17.5. The molecule has 0 spiro atoms. The second-order valence-electron chi connectivity index (χ2n) is 4.76. The number of hydrogen-bond donors (Lipinski definition) is 1. The zero-order valence-corrected chi connectivity index (χ0v) is 11.7. The third-order valence-corrected chi connectivity index (χ3v) is 3.44. The molecule has 1 aliphatic rings. The number of carbonyl (C=O) groups is 1. The summed E-state index contributed by atoms with van der Waals surface area (Å²) in [5.41, 5.74) is 0. The number of aryl methyl sites for hydroxylation is 1. The third kappa shape index (κ3) is 3.30. The fraction of sp³-hybridized carbons (Fsp3) is 0.750. The van der Waals surface area contributed by atoms with Crippen LogP contribution in [0, 0.1) is 6.92 Å². The molecule has 1 amide bonds. The molecule has 2 heterocycles. The molecular weight excluding hydrogens is 246 g/mol. The minimum Gasteiger partial charge on any atom is -0.378 e. The Morgan fingerprint density at radius 3 is 2.68 bits per heavy atom. The van der Waals surface area contributed by atoms with E-state index < -0.39 is 0 Å². The van der Waals surface area contributed by atoms with E-state index in [0.717, 1.165) is 11.6 Å². The lowest BCUT2D eigenvalue weighted by Crippen LogP contribution is -2.49. The highest BCUT2D eigenvalue weighted by molar-refractivity contribution is 5.81. The predicted octanol–water partition coefficient (Wildman–Crippen LogP) is -0.540. The van der Waals surface area contributed by atoms with Gasteiger partial charge in [0.15, 0.2) is 0 Å². The zero-order valence-electron chi connectivity index (χ0n) is 11.7. The van der Waals surface area contributed by atoms with Gasteiger partial charge in [-0.25, -0.2) is 0 Å². The Morgan fingerprint density at radius 2 is 2.11 bits per heavy atom. The molecule has 0 aliphatic carbocycles. The van der Waals surface area contributed by atoms with Gasteiger partial charge in [-0.1, -0.05) is 0 Å². The highest BCUT2D eigenvalue weighted by Gasteiger charge is 2.22. The summed E-state index contributed by atoms with van der Waals surface area (Å²) in [5, 5.41) is 11.2. The highest BCUT2D eigenvalue weighted by atomic mass is 16.5. The van der Waals surface area contributed by atoms with E-state index in [4.69, 9.17) is 4.74 Å². The number of amides is 1. The number of nitrogens with zero attached hydrogens (tertiary/aromatic N) is 4. The number of nitrogens with one attached hydrogen (secondary N) is 1. The van der Waals surface area contributed by atoms with E-state index >= 15 is 0 Å². The van der Waals surface area contributed by atoms with Gasteiger partial charge in [0.25, 0.3) is 0 Å². The maximum atomic E-state index is 12.2. The molecule has 7 heteroatoms. The van der Waals surface area contributed by atoms with Gasteiger partial charge in [-0.15, -0.1) is 10.2 Å². The SMILES string of the molecule is Cc1nnc(CNC(C)C(=O)N2CCOCC2)n1C. The monoisotopic (exact) mass is 267 g/mol. The van der Waals surface area contributed by atoms with Gasteiger partial charge in [0.1, 0.15) is 11.6 Å². The zero-order chi connectivity index (χ0) is 13.8. The van der Waals surface area contributed by atoms with Gasteiger partial charge >= 0.3 is 0 Å². The molecule has 1 aromatic rings. The first-order valence-corrected chi connectivity index (χ1v) is 6.54. The van der Waals surface area contributed by atoms with Crippen molar-refractivity contribution in [1.29, 1.82) is 0 Å². The second kappa shape index (κ2) is 6.12. The molecule has 1 unspecified atom stereocenters. The van der Waals surface area contributed by atoms with Crippen LogP contribution in [0.15, 0.2) is 0 Å². The Morgan fingerprint density at radius 1 is 1.42 bits per heavy atom. The Kier molecular flexibility index (Phi) is 4.49. The summed E-state index contributed by atoms with van der Waals surface area (Å²) in [7, 11) is 1.92. The standard InChI is InChI=1S/C12H21N5O2/c1-9(12(18)17-4-6-19-7-5-17)13-8-11-15-14-10(2)16(11)3/h9,13H,4-8H2,1-3H3. The fourth-order valence-electron chi connectivity index (χ4n) is 1.99. The molecular formula is C12H21N5O2. The van der Waals surface area contributed by atoms with Crippen molar-refractivity contribution in [2.75, 3.05) is 26.3 Å². The van der Waals surface area contributed by atoms with E-state index in [0.29, 0.717) is 32.8 Å². The maximum absolute atomic E-state index is 12.2. The van der Waals surface area contributed by atoms with Crippen molar-refractivity contribution in [3.63, 3.8) is 0 Å². The van der Waals surface area contributed by atoms with Crippen LogP contribution in [0.5, 0.6) is 0 Å². The van der Waals surface area contributed by atoms with Crippen molar-refractivity contribution < 1.29 is 9.53 Å². The van der Waals surface area contributed by atoms with E-state index in [1.807, 2.05) is 30.4 Å². The second-order valence-corrected chi connectivity index (χ2v) is 4.76. The van der Waals surface area contributed by atoms with Crippen molar-refractivity contribution in [2.45, 2.75) is 26.4 Å². The molecule has 1 atom stereocenters. The summed E-state index contributed by atoms with van der Waals surface area (Å²) in [6.07, 6.45) is 0. The van der Waals surface area contributed by atoms with Crippen LogP contribution in [0.3, 0.4) is 0 Å². The lowest BCUT2D eigenvalue weighted by Gasteiger charge is -2.29.